The zero-order chi connectivity index (χ0) is 17.6. The number of nitrogens with zero attached hydrogens (tertiary/aromatic N) is 1. The van der Waals surface area contributed by atoms with Gasteiger partial charge in [0.05, 0.1) is 31.5 Å². The van der Waals surface area contributed by atoms with Crippen LogP contribution in [0.25, 0.3) is 0 Å². The minimum atomic E-state index is -0.437. The number of ether oxygens (including phenoxy) is 2. The lowest BCUT2D eigenvalue weighted by atomic mass is 9.98. The quantitative estimate of drug-likeness (QED) is 0.703. The third kappa shape index (κ3) is 6.18. The molecule has 1 N–H and O–H groups in total. The third-order valence-electron chi connectivity index (χ3n) is 5.41. The molecule has 1 saturated heterocycles. The SMILES string of the molecule is CC1C(c2ccc(Br)cc2)OCCN1CC(O)COC1CCCCC1.Cl. The van der Waals surface area contributed by atoms with Gasteiger partial charge in [-0.2, -0.15) is 0 Å². The monoisotopic (exact) mass is 447 g/mol. The van der Waals surface area contributed by atoms with E-state index in [1.165, 1.54) is 24.8 Å². The number of aliphatic hydroxyl groups is 1. The van der Waals surface area contributed by atoms with Crippen molar-refractivity contribution in [2.24, 2.45) is 0 Å². The highest BCUT2D eigenvalue weighted by atomic mass is 79.9. The summed E-state index contributed by atoms with van der Waals surface area (Å²) in [6.07, 6.45) is 6.10. The van der Waals surface area contributed by atoms with Crippen LogP contribution in [-0.4, -0.2) is 54.6 Å². The van der Waals surface area contributed by atoms with E-state index in [1.807, 2.05) is 0 Å². The minimum absolute atomic E-state index is 0. The molecule has 0 bridgehead atoms. The van der Waals surface area contributed by atoms with Gasteiger partial charge in [0.1, 0.15) is 0 Å². The van der Waals surface area contributed by atoms with Crippen LogP contribution in [0.2, 0.25) is 0 Å². The van der Waals surface area contributed by atoms with Crippen LogP contribution in [-0.2, 0) is 9.47 Å². The van der Waals surface area contributed by atoms with Crippen LogP contribution < -0.4 is 0 Å². The molecule has 1 heterocycles. The van der Waals surface area contributed by atoms with Crippen LogP contribution in [0.5, 0.6) is 0 Å². The van der Waals surface area contributed by atoms with Crippen LogP contribution >= 0.6 is 28.3 Å². The van der Waals surface area contributed by atoms with E-state index in [0.29, 0.717) is 25.9 Å². The highest BCUT2D eigenvalue weighted by Gasteiger charge is 2.31. The molecule has 3 unspecified atom stereocenters. The molecule has 6 heteroatoms. The Balaban J connectivity index is 0.00000243. The molecule has 0 amide bonds. The first-order valence-corrected chi connectivity index (χ1v) is 10.3. The van der Waals surface area contributed by atoms with Crippen molar-refractivity contribution in [3.8, 4) is 0 Å². The summed E-state index contributed by atoms with van der Waals surface area (Å²) < 4.78 is 13.0. The number of aliphatic hydroxyl groups excluding tert-OH is 1. The van der Waals surface area contributed by atoms with E-state index >= 15 is 0 Å². The second-order valence-corrected chi connectivity index (χ2v) is 8.24. The normalized spacial score (nSPS) is 26.3. The maximum Gasteiger partial charge on any atom is 0.0977 e. The maximum atomic E-state index is 10.4. The molecular formula is C20H31BrClNO3. The van der Waals surface area contributed by atoms with E-state index in [4.69, 9.17) is 9.47 Å². The van der Waals surface area contributed by atoms with Crippen molar-refractivity contribution in [1.82, 2.24) is 4.90 Å². The first kappa shape index (κ1) is 22.1. The first-order chi connectivity index (χ1) is 12.1. The summed E-state index contributed by atoms with van der Waals surface area (Å²) in [4.78, 5) is 2.32. The van der Waals surface area contributed by atoms with E-state index in [2.05, 4.69) is 52.0 Å². The summed E-state index contributed by atoms with van der Waals surface area (Å²) in [5.41, 5.74) is 1.19. The van der Waals surface area contributed by atoms with E-state index in [9.17, 15) is 5.11 Å². The zero-order valence-electron chi connectivity index (χ0n) is 15.5. The van der Waals surface area contributed by atoms with Crippen molar-refractivity contribution in [3.05, 3.63) is 34.3 Å². The molecular weight excluding hydrogens is 418 g/mol. The highest BCUT2D eigenvalue weighted by molar-refractivity contribution is 9.10. The van der Waals surface area contributed by atoms with Gasteiger partial charge in [-0.3, -0.25) is 4.90 Å². The molecule has 0 radical (unpaired) electrons. The van der Waals surface area contributed by atoms with Gasteiger partial charge in [-0.05, 0) is 37.5 Å². The maximum absolute atomic E-state index is 10.4. The van der Waals surface area contributed by atoms with Crippen molar-refractivity contribution >= 4 is 28.3 Å². The third-order valence-corrected chi connectivity index (χ3v) is 5.94. The topological polar surface area (TPSA) is 41.9 Å². The van der Waals surface area contributed by atoms with Gasteiger partial charge in [0.25, 0.3) is 0 Å². The standard InChI is InChI=1S/C20H30BrNO3.ClH/c1-15-20(16-7-9-17(21)10-8-16)24-12-11-22(15)13-18(23)14-25-19-5-3-2-4-6-19;/h7-10,15,18-20,23H,2-6,11-14H2,1H3;1H. The Kier molecular flexibility index (Phi) is 9.35. The fourth-order valence-corrected chi connectivity index (χ4v) is 4.18. The molecule has 0 spiro atoms. The van der Waals surface area contributed by atoms with Crippen molar-refractivity contribution in [3.63, 3.8) is 0 Å². The van der Waals surface area contributed by atoms with Crippen LogP contribution in [0.15, 0.2) is 28.7 Å². The molecule has 3 rings (SSSR count). The molecule has 26 heavy (non-hydrogen) atoms. The molecule has 2 fully saturated rings. The molecule has 4 nitrogen and oxygen atoms in total. The van der Waals surface area contributed by atoms with Crippen molar-refractivity contribution in [2.45, 2.75) is 63.4 Å². The minimum Gasteiger partial charge on any atom is -0.389 e. The first-order valence-electron chi connectivity index (χ1n) is 9.54. The molecule has 1 aliphatic carbocycles. The second-order valence-electron chi connectivity index (χ2n) is 7.33. The van der Waals surface area contributed by atoms with E-state index < -0.39 is 6.10 Å². The number of hydrogen-bond donors (Lipinski definition) is 1. The lowest BCUT2D eigenvalue weighted by Crippen LogP contribution is -2.49. The number of hydrogen-bond acceptors (Lipinski definition) is 4. The summed E-state index contributed by atoms with van der Waals surface area (Å²) in [5, 5.41) is 10.4. The number of morpholine rings is 1. The Morgan fingerprint density at radius 1 is 1.23 bits per heavy atom. The Morgan fingerprint density at radius 2 is 1.92 bits per heavy atom. The van der Waals surface area contributed by atoms with Crippen LogP contribution in [0.4, 0.5) is 0 Å². The number of halogens is 2. The number of benzene rings is 1. The number of rotatable bonds is 6. The van der Waals surface area contributed by atoms with E-state index in [0.717, 1.165) is 23.9 Å². The molecule has 1 aromatic carbocycles. The van der Waals surface area contributed by atoms with Crippen LogP contribution in [0, 0.1) is 0 Å². The molecule has 1 aromatic rings. The zero-order valence-corrected chi connectivity index (χ0v) is 17.9. The van der Waals surface area contributed by atoms with Gasteiger partial charge in [-0.15, -0.1) is 12.4 Å². The largest absolute Gasteiger partial charge is 0.389 e. The lowest BCUT2D eigenvalue weighted by Gasteiger charge is -2.40. The highest BCUT2D eigenvalue weighted by Crippen LogP contribution is 2.29. The van der Waals surface area contributed by atoms with Crippen LogP contribution in [0.3, 0.4) is 0 Å². The van der Waals surface area contributed by atoms with Crippen molar-refractivity contribution in [1.29, 1.82) is 0 Å². The van der Waals surface area contributed by atoms with Gasteiger partial charge >= 0.3 is 0 Å². The molecule has 0 aromatic heterocycles. The van der Waals surface area contributed by atoms with Crippen molar-refractivity contribution in [2.75, 3.05) is 26.3 Å². The Hall–Kier alpha value is -0.170. The van der Waals surface area contributed by atoms with Gasteiger partial charge in [-0.25, -0.2) is 0 Å². The van der Waals surface area contributed by atoms with Gasteiger partial charge in [-0.1, -0.05) is 47.3 Å². The molecule has 2 aliphatic rings. The fourth-order valence-electron chi connectivity index (χ4n) is 3.92. The summed E-state index contributed by atoms with van der Waals surface area (Å²) in [6.45, 7) is 4.82. The smallest absolute Gasteiger partial charge is 0.0977 e. The Labute approximate surface area is 171 Å². The van der Waals surface area contributed by atoms with E-state index in [-0.39, 0.29) is 24.6 Å². The van der Waals surface area contributed by atoms with Gasteiger partial charge in [0.2, 0.25) is 0 Å². The summed E-state index contributed by atoms with van der Waals surface area (Å²) in [5.74, 6) is 0. The average molecular weight is 449 g/mol. The lowest BCUT2D eigenvalue weighted by molar-refractivity contribution is -0.0903. The number of β-amino-alcohol motifs (C(OH)–C–C–N with tert-alkyl or cyclic N) is 1. The van der Waals surface area contributed by atoms with Gasteiger partial charge < -0.3 is 14.6 Å². The van der Waals surface area contributed by atoms with E-state index in [1.54, 1.807) is 0 Å². The molecule has 1 saturated carbocycles. The summed E-state index contributed by atoms with van der Waals surface area (Å²) >= 11 is 3.48. The predicted molar refractivity (Wildman–Crippen MR) is 110 cm³/mol. The molecule has 148 valence electrons. The Morgan fingerprint density at radius 3 is 2.62 bits per heavy atom. The molecule has 3 atom stereocenters. The Bertz CT molecular complexity index is 524. The predicted octanol–water partition coefficient (Wildman–Crippen LogP) is 4.34. The summed E-state index contributed by atoms with van der Waals surface area (Å²) in [7, 11) is 0. The van der Waals surface area contributed by atoms with Crippen LogP contribution in [0.1, 0.15) is 50.7 Å². The fraction of sp³-hybridized carbons (Fsp3) is 0.700. The summed E-state index contributed by atoms with van der Waals surface area (Å²) in [6, 6.07) is 8.56. The molecule has 1 aliphatic heterocycles. The van der Waals surface area contributed by atoms with Gasteiger partial charge in [0.15, 0.2) is 0 Å². The average Bonchev–Trinajstić information content (AvgIpc) is 2.63. The van der Waals surface area contributed by atoms with Gasteiger partial charge in [0, 0.05) is 23.6 Å². The second kappa shape index (κ2) is 11.0. The van der Waals surface area contributed by atoms with Crippen molar-refractivity contribution < 1.29 is 14.6 Å².